The fourth-order valence-electron chi connectivity index (χ4n) is 4.59. The minimum Gasteiger partial charge on any atom is -0.494 e. The minimum atomic E-state index is -1.82. The number of aliphatic carboxylic acids is 2. The van der Waals surface area contributed by atoms with E-state index in [1.165, 1.54) is 11.3 Å². The molecule has 0 aliphatic carbocycles. The number of hydrogen-bond acceptors (Lipinski definition) is 6. The number of benzene rings is 2. The van der Waals surface area contributed by atoms with Gasteiger partial charge >= 0.3 is 11.9 Å². The fraction of sp³-hybridized carbons (Fsp3) is 0.444. The van der Waals surface area contributed by atoms with Gasteiger partial charge in [-0.3, -0.25) is 9.69 Å². The Morgan fingerprint density at radius 3 is 2.00 bits per heavy atom. The largest absolute Gasteiger partial charge is 0.494 e. The molecule has 2 heterocycles. The summed E-state index contributed by atoms with van der Waals surface area (Å²) >= 11 is 0. The Hall–Kier alpha value is -3.59. The highest BCUT2D eigenvalue weighted by Crippen LogP contribution is 2.25. The van der Waals surface area contributed by atoms with Crippen LogP contribution in [0.25, 0.3) is 0 Å². The van der Waals surface area contributed by atoms with Gasteiger partial charge in [-0.15, -0.1) is 0 Å². The van der Waals surface area contributed by atoms with Crippen molar-refractivity contribution in [2.24, 2.45) is 5.92 Å². The maximum Gasteiger partial charge on any atom is 0.414 e. The number of likely N-dealkylation sites (tertiary alicyclic amines) is 1. The van der Waals surface area contributed by atoms with Crippen molar-refractivity contribution in [2.75, 3.05) is 50.8 Å². The first kappa shape index (κ1) is 27.0. The Bertz CT molecular complexity index is 988. The second kappa shape index (κ2) is 13.5. The average molecular weight is 498 g/mol. The van der Waals surface area contributed by atoms with Crippen molar-refractivity contribution < 1.29 is 29.3 Å². The molecule has 0 saturated carbocycles. The first-order valence-electron chi connectivity index (χ1n) is 12.4. The van der Waals surface area contributed by atoms with E-state index in [1.807, 2.05) is 25.1 Å². The molecular formula is C27H35N3O6. The molecule has 0 radical (unpaired) electrons. The number of carboxylic acids is 2. The number of ether oxygens (including phenoxy) is 1. The minimum absolute atomic E-state index is 0.173. The summed E-state index contributed by atoms with van der Waals surface area (Å²) in [5, 5.41) is 14.8. The molecule has 2 aromatic carbocycles. The Labute approximate surface area is 211 Å². The lowest BCUT2D eigenvalue weighted by Crippen LogP contribution is -2.51. The summed E-state index contributed by atoms with van der Waals surface area (Å²) in [7, 11) is 0. The molecule has 2 fully saturated rings. The van der Waals surface area contributed by atoms with Gasteiger partial charge in [0, 0.05) is 49.9 Å². The van der Waals surface area contributed by atoms with Gasteiger partial charge in [-0.05, 0) is 51.1 Å². The van der Waals surface area contributed by atoms with Gasteiger partial charge in [-0.1, -0.05) is 36.4 Å². The third-order valence-corrected chi connectivity index (χ3v) is 6.50. The molecule has 0 atom stereocenters. The zero-order valence-electron chi connectivity index (χ0n) is 20.7. The number of nitrogens with zero attached hydrogens (tertiary/aromatic N) is 3. The first-order chi connectivity index (χ1) is 17.4. The molecule has 2 saturated heterocycles. The van der Waals surface area contributed by atoms with E-state index in [9.17, 15) is 4.79 Å². The number of carbonyl (C=O) groups excluding carboxylic acids is 1. The Morgan fingerprint density at radius 1 is 0.833 bits per heavy atom. The standard InChI is InChI=1S/C25H33N3O2.C2H2O4/c1-2-30-24-11-7-6-8-22(24)20-26-14-12-21(13-15-26)25(29)28-18-16-27(17-19-28)23-9-4-3-5-10-23;3-1(4)2(5)6/h3-11,21H,2,12-20H2,1H3;(H,3,4)(H,5,6). The lowest BCUT2D eigenvalue weighted by atomic mass is 9.94. The van der Waals surface area contributed by atoms with Crippen LogP contribution in [0.1, 0.15) is 25.3 Å². The highest BCUT2D eigenvalue weighted by atomic mass is 16.5. The third kappa shape index (κ3) is 7.71. The summed E-state index contributed by atoms with van der Waals surface area (Å²) in [4.78, 5) is 38.2. The summed E-state index contributed by atoms with van der Waals surface area (Å²) < 4.78 is 5.77. The molecule has 0 bridgehead atoms. The van der Waals surface area contributed by atoms with Gasteiger partial charge in [0.05, 0.1) is 6.61 Å². The molecule has 1 amide bonds. The quantitative estimate of drug-likeness (QED) is 0.587. The van der Waals surface area contributed by atoms with Crippen molar-refractivity contribution in [1.29, 1.82) is 0 Å². The second-order valence-electron chi connectivity index (χ2n) is 8.85. The van der Waals surface area contributed by atoms with Crippen LogP contribution in [0, 0.1) is 5.92 Å². The van der Waals surface area contributed by atoms with Crippen LogP contribution in [0.2, 0.25) is 0 Å². The van der Waals surface area contributed by atoms with E-state index in [2.05, 4.69) is 51.1 Å². The fourth-order valence-corrected chi connectivity index (χ4v) is 4.59. The Kier molecular flexibility index (Phi) is 10.1. The first-order valence-corrected chi connectivity index (χ1v) is 12.4. The van der Waals surface area contributed by atoms with Crippen molar-refractivity contribution in [2.45, 2.75) is 26.3 Å². The number of amides is 1. The van der Waals surface area contributed by atoms with Crippen molar-refractivity contribution in [3.63, 3.8) is 0 Å². The van der Waals surface area contributed by atoms with E-state index >= 15 is 0 Å². The zero-order valence-corrected chi connectivity index (χ0v) is 20.7. The second-order valence-corrected chi connectivity index (χ2v) is 8.85. The number of carbonyl (C=O) groups is 3. The number of carboxylic acid groups (broad SMARTS) is 2. The number of piperidine rings is 1. The maximum absolute atomic E-state index is 13.1. The smallest absolute Gasteiger partial charge is 0.414 e. The van der Waals surface area contributed by atoms with Crippen LogP contribution >= 0.6 is 0 Å². The maximum atomic E-state index is 13.1. The Balaban J connectivity index is 0.000000538. The number of anilines is 1. The molecule has 0 spiro atoms. The topological polar surface area (TPSA) is 111 Å². The summed E-state index contributed by atoms with van der Waals surface area (Å²) in [5.74, 6) is -2.14. The molecule has 194 valence electrons. The molecule has 9 nitrogen and oxygen atoms in total. The summed E-state index contributed by atoms with van der Waals surface area (Å²) in [6, 6.07) is 18.8. The van der Waals surface area contributed by atoms with Gasteiger partial charge in [0.25, 0.3) is 0 Å². The molecule has 2 aromatic rings. The van der Waals surface area contributed by atoms with E-state index < -0.39 is 11.9 Å². The van der Waals surface area contributed by atoms with Crippen molar-refractivity contribution >= 4 is 23.5 Å². The van der Waals surface area contributed by atoms with Crippen LogP contribution in [-0.4, -0.2) is 83.7 Å². The van der Waals surface area contributed by atoms with E-state index in [0.717, 1.165) is 64.4 Å². The lowest BCUT2D eigenvalue weighted by Gasteiger charge is -2.39. The highest BCUT2D eigenvalue weighted by Gasteiger charge is 2.30. The number of rotatable bonds is 6. The molecule has 0 unspecified atom stereocenters. The molecule has 4 rings (SSSR count). The zero-order chi connectivity index (χ0) is 25.9. The molecular weight excluding hydrogens is 462 g/mol. The molecule has 2 aliphatic rings. The van der Waals surface area contributed by atoms with Crippen molar-refractivity contribution in [1.82, 2.24) is 9.80 Å². The van der Waals surface area contributed by atoms with E-state index in [1.54, 1.807) is 0 Å². The number of para-hydroxylation sites is 2. The summed E-state index contributed by atoms with van der Waals surface area (Å²) in [6.45, 7) is 9.05. The van der Waals surface area contributed by atoms with E-state index in [4.69, 9.17) is 24.5 Å². The van der Waals surface area contributed by atoms with Crippen LogP contribution in [0.3, 0.4) is 0 Å². The summed E-state index contributed by atoms with van der Waals surface area (Å²) in [6.07, 6.45) is 1.91. The molecule has 2 aliphatic heterocycles. The normalized spacial score (nSPS) is 16.6. The average Bonchev–Trinajstić information content (AvgIpc) is 2.91. The van der Waals surface area contributed by atoms with Gasteiger partial charge in [0.15, 0.2) is 0 Å². The van der Waals surface area contributed by atoms with Crippen molar-refractivity contribution in [3.8, 4) is 5.75 Å². The number of hydrogen-bond donors (Lipinski definition) is 2. The highest BCUT2D eigenvalue weighted by molar-refractivity contribution is 6.27. The predicted molar refractivity (Wildman–Crippen MR) is 136 cm³/mol. The SMILES string of the molecule is CCOc1ccccc1CN1CCC(C(=O)N2CCN(c3ccccc3)CC2)CC1.O=C(O)C(=O)O. The summed E-state index contributed by atoms with van der Waals surface area (Å²) in [5.41, 5.74) is 2.49. The van der Waals surface area contributed by atoms with Crippen LogP contribution < -0.4 is 9.64 Å². The molecule has 2 N–H and O–H groups in total. The number of piperazine rings is 1. The monoisotopic (exact) mass is 497 g/mol. The van der Waals surface area contributed by atoms with Gasteiger partial charge in [0.2, 0.25) is 5.91 Å². The van der Waals surface area contributed by atoms with Crippen molar-refractivity contribution in [3.05, 3.63) is 60.2 Å². The molecule has 0 aromatic heterocycles. The van der Waals surface area contributed by atoms with Gasteiger partial charge in [-0.2, -0.15) is 0 Å². The van der Waals surface area contributed by atoms with Crippen LogP contribution in [0.5, 0.6) is 5.75 Å². The molecule has 36 heavy (non-hydrogen) atoms. The third-order valence-electron chi connectivity index (χ3n) is 6.50. The predicted octanol–water partition coefficient (Wildman–Crippen LogP) is 2.80. The van der Waals surface area contributed by atoms with Crippen LogP contribution in [-0.2, 0) is 20.9 Å². The Morgan fingerprint density at radius 2 is 1.42 bits per heavy atom. The van der Waals surface area contributed by atoms with E-state index in [0.29, 0.717) is 12.5 Å². The van der Waals surface area contributed by atoms with Crippen LogP contribution in [0.15, 0.2) is 54.6 Å². The van der Waals surface area contributed by atoms with Gasteiger partial charge < -0.3 is 24.7 Å². The molecule has 9 heteroatoms. The van der Waals surface area contributed by atoms with Gasteiger partial charge in [0.1, 0.15) is 5.75 Å². The van der Waals surface area contributed by atoms with Gasteiger partial charge in [-0.25, -0.2) is 9.59 Å². The van der Waals surface area contributed by atoms with Crippen LogP contribution in [0.4, 0.5) is 5.69 Å². The lowest BCUT2D eigenvalue weighted by molar-refractivity contribution is -0.159. The van der Waals surface area contributed by atoms with E-state index in [-0.39, 0.29) is 5.92 Å².